The molecule has 2 aromatic rings. The van der Waals surface area contributed by atoms with Crippen molar-refractivity contribution in [3.8, 4) is 11.3 Å². The smallest absolute Gasteiger partial charge is 0.142 e. The maximum absolute atomic E-state index is 6.02. The van der Waals surface area contributed by atoms with E-state index in [2.05, 4.69) is 9.97 Å². The third-order valence-electron chi connectivity index (χ3n) is 1.86. The lowest BCUT2D eigenvalue weighted by atomic mass is 10.1. The van der Waals surface area contributed by atoms with E-state index >= 15 is 0 Å². The third kappa shape index (κ3) is 2.19. The van der Waals surface area contributed by atoms with Crippen LogP contribution in [0.15, 0.2) is 30.6 Å². The molecule has 0 aliphatic carbocycles. The Labute approximate surface area is 96.9 Å². The van der Waals surface area contributed by atoms with E-state index in [1.54, 1.807) is 24.4 Å². The third-order valence-corrected chi connectivity index (χ3v) is 2.41. The zero-order valence-corrected chi connectivity index (χ0v) is 9.13. The Morgan fingerprint density at radius 2 is 1.93 bits per heavy atom. The van der Waals surface area contributed by atoms with Gasteiger partial charge in [0.2, 0.25) is 0 Å². The number of benzene rings is 1. The molecule has 0 unspecified atom stereocenters. The van der Waals surface area contributed by atoms with Crippen LogP contribution in [0.2, 0.25) is 10.0 Å². The second kappa shape index (κ2) is 4.04. The SMILES string of the molecule is Nc1cncc(-c2ccc(Cl)cc2Cl)n1. The molecule has 0 aliphatic heterocycles. The van der Waals surface area contributed by atoms with Crippen LogP contribution in [0.3, 0.4) is 0 Å². The quantitative estimate of drug-likeness (QED) is 0.833. The van der Waals surface area contributed by atoms with Crippen LogP contribution in [0.4, 0.5) is 5.82 Å². The molecule has 0 bridgehead atoms. The number of nitrogen functional groups attached to an aromatic ring is 1. The summed E-state index contributed by atoms with van der Waals surface area (Å²) < 4.78 is 0. The normalized spacial score (nSPS) is 10.3. The van der Waals surface area contributed by atoms with E-state index in [4.69, 9.17) is 28.9 Å². The maximum Gasteiger partial charge on any atom is 0.142 e. The van der Waals surface area contributed by atoms with E-state index < -0.39 is 0 Å². The molecule has 0 saturated heterocycles. The van der Waals surface area contributed by atoms with Crippen molar-refractivity contribution in [3.63, 3.8) is 0 Å². The van der Waals surface area contributed by atoms with Gasteiger partial charge in [0, 0.05) is 10.6 Å². The summed E-state index contributed by atoms with van der Waals surface area (Å²) in [6.07, 6.45) is 3.08. The molecule has 3 nitrogen and oxygen atoms in total. The van der Waals surface area contributed by atoms with E-state index in [-0.39, 0.29) is 0 Å². The average Bonchev–Trinajstić information content (AvgIpc) is 2.17. The van der Waals surface area contributed by atoms with E-state index in [1.165, 1.54) is 6.20 Å². The number of halogens is 2. The van der Waals surface area contributed by atoms with Gasteiger partial charge in [0.1, 0.15) is 5.82 Å². The van der Waals surface area contributed by atoms with Crippen LogP contribution in [0.1, 0.15) is 0 Å². The first-order valence-corrected chi connectivity index (χ1v) is 4.95. The van der Waals surface area contributed by atoms with E-state index in [0.29, 0.717) is 21.6 Å². The van der Waals surface area contributed by atoms with Gasteiger partial charge in [-0.05, 0) is 18.2 Å². The van der Waals surface area contributed by atoms with Crippen LogP contribution in [0.5, 0.6) is 0 Å². The Hall–Kier alpha value is -1.32. The molecule has 15 heavy (non-hydrogen) atoms. The Morgan fingerprint density at radius 3 is 2.60 bits per heavy atom. The molecule has 0 fully saturated rings. The van der Waals surface area contributed by atoms with Crippen molar-refractivity contribution in [3.05, 3.63) is 40.6 Å². The highest BCUT2D eigenvalue weighted by Gasteiger charge is 2.05. The minimum Gasteiger partial charge on any atom is -0.382 e. The minimum atomic E-state index is 0.360. The maximum atomic E-state index is 6.02. The first kappa shape index (κ1) is 10.2. The highest BCUT2D eigenvalue weighted by Crippen LogP contribution is 2.28. The van der Waals surface area contributed by atoms with Crippen molar-refractivity contribution in [1.82, 2.24) is 9.97 Å². The summed E-state index contributed by atoms with van der Waals surface area (Å²) in [5.74, 6) is 0.360. The zero-order valence-electron chi connectivity index (χ0n) is 7.61. The zero-order chi connectivity index (χ0) is 10.8. The summed E-state index contributed by atoms with van der Waals surface area (Å²) in [7, 11) is 0. The molecule has 0 saturated carbocycles. The van der Waals surface area contributed by atoms with Gasteiger partial charge < -0.3 is 5.73 Å². The fourth-order valence-electron chi connectivity index (χ4n) is 1.21. The summed E-state index contributed by atoms with van der Waals surface area (Å²) in [6, 6.07) is 5.19. The molecule has 1 aromatic heterocycles. The van der Waals surface area contributed by atoms with Crippen LogP contribution < -0.4 is 5.73 Å². The first-order chi connectivity index (χ1) is 7.16. The fourth-order valence-corrected chi connectivity index (χ4v) is 1.71. The molecule has 0 amide bonds. The molecule has 1 heterocycles. The van der Waals surface area contributed by atoms with Gasteiger partial charge in [-0.15, -0.1) is 0 Å². The molecule has 1 aromatic carbocycles. The highest BCUT2D eigenvalue weighted by molar-refractivity contribution is 6.36. The number of rotatable bonds is 1. The van der Waals surface area contributed by atoms with Crippen molar-refractivity contribution >= 4 is 29.0 Å². The minimum absolute atomic E-state index is 0.360. The van der Waals surface area contributed by atoms with Gasteiger partial charge in [0.25, 0.3) is 0 Å². The van der Waals surface area contributed by atoms with Crippen molar-refractivity contribution in [2.45, 2.75) is 0 Å². The monoisotopic (exact) mass is 239 g/mol. The van der Waals surface area contributed by atoms with Gasteiger partial charge in [0.05, 0.1) is 23.1 Å². The standard InChI is InChI=1S/C10H7Cl2N3/c11-6-1-2-7(8(12)3-6)9-4-14-5-10(13)15-9/h1-5H,(H2,13,15). The van der Waals surface area contributed by atoms with Crippen molar-refractivity contribution in [2.75, 3.05) is 5.73 Å². The van der Waals surface area contributed by atoms with E-state index in [0.717, 1.165) is 5.56 Å². The largest absolute Gasteiger partial charge is 0.382 e. The van der Waals surface area contributed by atoms with Gasteiger partial charge in [-0.25, -0.2) is 4.98 Å². The lowest BCUT2D eigenvalue weighted by Gasteiger charge is -2.03. The Bertz CT molecular complexity index is 500. The van der Waals surface area contributed by atoms with Crippen LogP contribution >= 0.6 is 23.2 Å². The number of nitrogens with zero attached hydrogens (tertiary/aromatic N) is 2. The van der Waals surface area contributed by atoms with Gasteiger partial charge in [-0.1, -0.05) is 23.2 Å². The molecule has 2 N–H and O–H groups in total. The number of anilines is 1. The molecule has 76 valence electrons. The van der Waals surface area contributed by atoms with Crippen molar-refractivity contribution in [1.29, 1.82) is 0 Å². The van der Waals surface area contributed by atoms with Crippen molar-refractivity contribution in [2.24, 2.45) is 0 Å². The molecular formula is C10H7Cl2N3. The molecular weight excluding hydrogens is 233 g/mol. The second-order valence-electron chi connectivity index (χ2n) is 2.95. The number of aromatic nitrogens is 2. The fraction of sp³-hybridized carbons (Fsp3) is 0. The summed E-state index contributed by atoms with van der Waals surface area (Å²) in [6.45, 7) is 0. The molecule has 2 rings (SSSR count). The summed E-state index contributed by atoms with van der Waals surface area (Å²) in [4.78, 5) is 8.07. The lowest BCUT2D eigenvalue weighted by molar-refractivity contribution is 1.22. The Balaban J connectivity index is 2.54. The molecule has 0 aliphatic rings. The molecule has 5 heteroatoms. The Kier molecular flexibility index (Phi) is 2.75. The molecule has 0 atom stereocenters. The van der Waals surface area contributed by atoms with E-state index in [1.807, 2.05) is 0 Å². The first-order valence-electron chi connectivity index (χ1n) is 4.20. The van der Waals surface area contributed by atoms with Gasteiger partial charge in [-0.2, -0.15) is 0 Å². The van der Waals surface area contributed by atoms with Gasteiger partial charge in [-0.3, -0.25) is 4.98 Å². The summed E-state index contributed by atoms with van der Waals surface area (Å²) in [5, 5.41) is 1.11. The van der Waals surface area contributed by atoms with Crippen LogP contribution in [-0.4, -0.2) is 9.97 Å². The number of nitrogens with two attached hydrogens (primary N) is 1. The topological polar surface area (TPSA) is 51.8 Å². The van der Waals surface area contributed by atoms with Crippen LogP contribution in [0, 0.1) is 0 Å². The summed E-state index contributed by atoms with van der Waals surface area (Å²) >= 11 is 11.8. The second-order valence-corrected chi connectivity index (χ2v) is 3.80. The predicted octanol–water partition coefficient (Wildman–Crippen LogP) is 3.03. The predicted molar refractivity (Wildman–Crippen MR) is 61.9 cm³/mol. The lowest BCUT2D eigenvalue weighted by Crippen LogP contribution is -1.93. The van der Waals surface area contributed by atoms with Crippen molar-refractivity contribution < 1.29 is 0 Å². The summed E-state index contributed by atoms with van der Waals surface area (Å²) in [5.41, 5.74) is 6.93. The molecule has 0 radical (unpaired) electrons. The number of hydrogen-bond donors (Lipinski definition) is 1. The van der Waals surface area contributed by atoms with Gasteiger partial charge in [0.15, 0.2) is 0 Å². The average molecular weight is 240 g/mol. The van der Waals surface area contributed by atoms with Crippen LogP contribution in [0.25, 0.3) is 11.3 Å². The van der Waals surface area contributed by atoms with Gasteiger partial charge >= 0.3 is 0 Å². The Morgan fingerprint density at radius 1 is 1.13 bits per heavy atom. The molecule has 0 spiro atoms. The highest BCUT2D eigenvalue weighted by atomic mass is 35.5. The van der Waals surface area contributed by atoms with Crippen LogP contribution in [-0.2, 0) is 0 Å². The number of hydrogen-bond acceptors (Lipinski definition) is 3. The van der Waals surface area contributed by atoms with E-state index in [9.17, 15) is 0 Å².